The number of thioether (sulfide) groups is 1. The van der Waals surface area contributed by atoms with Gasteiger partial charge in [-0.25, -0.2) is 4.98 Å². The Morgan fingerprint density at radius 2 is 1.84 bits per heavy atom. The van der Waals surface area contributed by atoms with Gasteiger partial charge in [0.05, 0.1) is 17.0 Å². The molecule has 2 aliphatic carbocycles. The van der Waals surface area contributed by atoms with E-state index in [-0.39, 0.29) is 16.9 Å². The molecule has 0 radical (unpaired) electrons. The molecule has 0 bridgehead atoms. The van der Waals surface area contributed by atoms with Crippen LogP contribution in [-0.2, 0) is 23.2 Å². The van der Waals surface area contributed by atoms with E-state index < -0.39 is 0 Å². The first-order valence-electron chi connectivity index (χ1n) is 11.7. The molecular weight excluding hydrogens is 406 g/mol. The highest BCUT2D eigenvalue weighted by atomic mass is 32.2. The maximum Gasteiger partial charge on any atom is 0.258 e. The summed E-state index contributed by atoms with van der Waals surface area (Å²) in [5.41, 5.74) is 4.17. The van der Waals surface area contributed by atoms with Crippen LogP contribution in [0.15, 0.2) is 34.2 Å². The zero-order valence-electron chi connectivity index (χ0n) is 18.9. The number of hydrogen-bond acceptors (Lipinski definition) is 4. The number of benzene rings is 1. The predicted octanol–water partition coefficient (Wildman–Crippen LogP) is 4.65. The van der Waals surface area contributed by atoms with Crippen molar-refractivity contribution >= 4 is 17.7 Å². The molecule has 1 amide bonds. The molecule has 0 atom stereocenters. The molecule has 1 aromatic heterocycles. The van der Waals surface area contributed by atoms with Crippen molar-refractivity contribution in [2.75, 3.05) is 18.8 Å². The van der Waals surface area contributed by atoms with Gasteiger partial charge in [-0.3, -0.25) is 14.2 Å². The highest BCUT2D eigenvalue weighted by Crippen LogP contribution is 2.48. The first-order chi connectivity index (χ1) is 15.0. The minimum atomic E-state index is -0.0941. The molecule has 1 spiro atoms. The highest BCUT2D eigenvalue weighted by molar-refractivity contribution is 7.99. The Hall–Kier alpha value is -2.08. The van der Waals surface area contributed by atoms with Crippen LogP contribution >= 0.6 is 11.8 Å². The predicted molar refractivity (Wildman–Crippen MR) is 127 cm³/mol. The Labute approximate surface area is 189 Å². The molecule has 2 aromatic rings. The van der Waals surface area contributed by atoms with E-state index in [1.807, 2.05) is 31.7 Å². The van der Waals surface area contributed by atoms with Gasteiger partial charge in [-0.1, -0.05) is 55.3 Å². The van der Waals surface area contributed by atoms with Crippen molar-refractivity contribution in [3.8, 4) is 11.3 Å². The summed E-state index contributed by atoms with van der Waals surface area (Å²) in [7, 11) is 0. The van der Waals surface area contributed by atoms with Crippen molar-refractivity contribution in [1.29, 1.82) is 0 Å². The second kappa shape index (κ2) is 9.19. The van der Waals surface area contributed by atoms with Crippen molar-refractivity contribution in [3.63, 3.8) is 0 Å². The van der Waals surface area contributed by atoms with E-state index in [0.717, 1.165) is 36.1 Å². The molecule has 4 rings (SSSR count). The molecule has 1 aromatic carbocycles. The molecule has 0 N–H and O–H groups in total. The molecule has 0 aliphatic heterocycles. The van der Waals surface area contributed by atoms with Gasteiger partial charge in [0.25, 0.3) is 5.56 Å². The minimum absolute atomic E-state index is 0.0915. The molecule has 6 heteroatoms. The number of fused-ring (bicyclic) bond motifs is 4. The summed E-state index contributed by atoms with van der Waals surface area (Å²) in [6.07, 6.45) is 6.63. The second-order valence-electron chi connectivity index (χ2n) is 8.70. The lowest BCUT2D eigenvalue weighted by Crippen LogP contribution is -2.43. The van der Waals surface area contributed by atoms with Crippen LogP contribution in [0.2, 0.25) is 0 Å². The van der Waals surface area contributed by atoms with E-state index in [2.05, 4.69) is 18.2 Å². The summed E-state index contributed by atoms with van der Waals surface area (Å²) in [6, 6.07) is 8.41. The van der Waals surface area contributed by atoms with E-state index in [4.69, 9.17) is 4.98 Å². The number of rotatable bonds is 6. The zero-order valence-corrected chi connectivity index (χ0v) is 19.8. The molecule has 1 heterocycles. The quantitative estimate of drug-likeness (QED) is 0.486. The maximum absolute atomic E-state index is 13.9. The van der Waals surface area contributed by atoms with E-state index in [9.17, 15) is 9.59 Å². The molecule has 0 saturated heterocycles. The molecular formula is C25H33N3O2S. The Balaban J connectivity index is 1.82. The van der Waals surface area contributed by atoms with Gasteiger partial charge in [0.1, 0.15) is 0 Å². The summed E-state index contributed by atoms with van der Waals surface area (Å²) >= 11 is 1.40. The fourth-order valence-corrected chi connectivity index (χ4v) is 6.36. The average Bonchev–Trinajstić information content (AvgIpc) is 2.79. The summed E-state index contributed by atoms with van der Waals surface area (Å²) in [5, 5.41) is 0.661. The Morgan fingerprint density at radius 1 is 1.13 bits per heavy atom. The number of amides is 1. The number of nitrogens with zero attached hydrogens (tertiary/aromatic N) is 3. The van der Waals surface area contributed by atoms with Crippen LogP contribution in [0.5, 0.6) is 0 Å². The fourth-order valence-electron chi connectivity index (χ4n) is 5.40. The summed E-state index contributed by atoms with van der Waals surface area (Å²) < 4.78 is 1.79. The van der Waals surface area contributed by atoms with Crippen LogP contribution in [0, 0.1) is 0 Å². The van der Waals surface area contributed by atoms with Crippen molar-refractivity contribution in [1.82, 2.24) is 14.5 Å². The summed E-state index contributed by atoms with van der Waals surface area (Å²) in [5.74, 6) is 0.397. The fraction of sp³-hybridized carbons (Fsp3) is 0.560. The van der Waals surface area contributed by atoms with E-state index in [1.165, 1.54) is 36.6 Å². The van der Waals surface area contributed by atoms with Crippen LogP contribution in [0.4, 0.5) is 0 Å². The minimum Gasteiger partial charge on any atom is -0.343 e. The molecule has 1 saturated carbocycles. The number of hydrogen-bond donors (Lipinski definition) is 0. The van der Waals surface area contributed by atoms with Crippen LogP contribution < -0.4 is 5.56 Å². The zero-order chi connectivity index (χ0) is 22.0. The smallest absolute Gasteiger partial charge is 0.258 e. The van der Waals surface area contributed by atoms with Gasteiger partial charge in [-0.2, -0.15) is 0 Å². The lowest BCUT2D eigenvalue weighted by molar-refractivity contribution is -0.127. The van der Waals surface area contributed by atoms with Gasteiger partial charge in [0.15, 0.2) is 5.16 Å². The van der Waals surface area contributed by atoms with Crippen molar-refractivity contribution in [2.24, 2.45) is 0 Å². The Bertz CT molecular complexity index is 1020. The van der Waals surface area contributed by atoms with Crippen LogP contribution in [0.25, 0.3) is 11.3 Å². The van der Waals surface area contributed by atoms with Crippen molar-refractivity contribution in [2.45, 2.75) is 76.4 Å². The number of carbonyl (C=O) groups excluding carboxylic acids is 1. The third-order valence-corrected chi connectivity index (χ3v) is 7.99. The van der Waals surface area contributed by atoms with Gasteiger partial charge >= 0.3 is 0 Å². The number of carbonyl (C=O) groups is 1. The molecule has 1 fully saturated rings. The first-order valence-corrected chi connectivity index (χ1v) is 12.7. The van der Waals surface area contributed by atoms with Gasteiger partial charge in [0, 0.05) is 30.6 Å². The third kappa shape index (κ3) is 3.95. The standard InChI is InChI=1S/C25H33N3O2S/c1-4-27(5-2)20(29)17-31-24-26-22-19-13-9-8-12-18(19)16-25(14-10-7-11-15-25)21(22)23(30)28(24)6-3/h8-9,12-13H,4-7,10-11,14-17H2,1-3H3. The molecule has 31 heavy (non-hydrogen) atoms. The summed E-state index contributed by atoms with van der Waals surface area (Å²) in [6.45, 7) is 7.94. The lowest BCUT2D eigenvalue weighted by Gasteiger charge is -2.42. The van der Waals surface area contributed by atoms with Gasteiger partial charge in [-0.15, -0.1) is 0 Å². The largest absolute Gasteiger partial charge is 0.343 e. The van der Waals surface area contributed by atoms with Crippen LogP contribution in [-0.4, -0.2) is 39.2 Å². The lowest BCUT2D eigenvalue weighted by atomic mass is 9.62. The molecule has 5 nitrogen and oxygen atoms in total. The summed E-state index contributed by atoms with van der Waals surface area (Å²) in [4.78, 5) is 33.3. The Morgan fingerprint density at radius 3 is 2.52 bits per heavy atom. The molecule has 166 valence electrons. The van der Waals surface area contributed by atoms with Crippen molar-refractivity contribution < 1.29 is 4.79 Å². The third-order valence-electron chi connectivity index (χ3n) is 7.03. The monoisotopic (exact) mass is 439 g/mol. The van der Waals surface area contributed by atoms with Gasteiger partial charge < -0.3 is 4.90 Å². The number of aromatic nitrogens is 2. The van der Waals surface area contributed by atoms with Crippen LogP contribution in [0.3, 0.4) is 0 Å². The maximum atomic E-state index is 13.9. The van der Waals surface area contributed by atoms with E-state index >= 15 is 0 Å². The van der Waals surface area contributed by atoms with Gasteiger partial charge in [0.2, 0.25) is 5.91 Å². The van der Waals surface area contributed by atoms with Gasteiger partial charge in [-0.05, 0) is 45.6 Å². The topological polar surface area (TPSA) is 55.2 Å². The SMILES string of the molecule is CCN(CC)C(=O)CSc1nc2c(c(=O)n1CC)C1(CCCCC1)Cc1ccccc1-2. The van der Waals surface area contributed by atoms with Crippen molar-refractivity contribution in [3.05, 3.63) is 45.7 Å². The highest BCUT2D eigenvalue weighted by Gasteiger charge is 2.43. The van der Waals surface area contributed by atoms with E-state index in [1.54, 1.807) is 4.57 Å². The second-order valence-corrected chi connectivity index (χ2v) is 9.64. The first kappa shape index (κ1) is 22.1. The van der Waals surface area contributed by atoms with Crippen LogP contribution in [0.1, 0.15) is 64.0 Å². The molecule has 0 unspecified atom stereocenters. The average molecular weight is 440 g/mol. The Kier molecular flexibility index (Phi) is 6.56. The normalized spacial score (nSPS) is 16.6. The van der Waals surface area contributed by atoms with E-state index in [0.29, 0.717) is 30.5 Å². The molecule has 2 aliphatic rings.